The number of benzene rings is 1. The molecule has 20 heavy (non-hydrogen) atoms. The summed E-state index contributed by atoms with van der Waals surface area (Å²) in [5.74, 6) is -1.98. The first-order valence-corrected chi connectivity index (χ1v) is 7.20. The van der Waals surface area contributed by atoms with E-state index in [0.717, 1.165) is 16.4 Å². The summed E-state index contributed by atoms with van der Waals surface area (Å²) in [5.41, 5.74) is 0.356. The van der Waals surface area contributed by atoms with Crippen molar-refractivity contribution in [3.8, 4) is 0 Å². The third kappa shape index (κ3) is 2.56. The van der Waals surface area contributed by atoms with Crippen molar-refractivity contribution in [3.63, 3.8) is 0 Å². The van der Waals surface area contributed by atoms with Crippen LogP contribution in [0.5, 0.6) is 0 Å². The minimum atomic E-state index is -3.77. The zero-order valence-corrected chi connectivity index (χ0v) is 11.7. The van der Waals surface area contributed by atoms with Crippen molar-refractivity contribution in [2.75, 3.05) is 7.05 Å². The van der Waals surface area contributed by atoms with Gasteiger partial charge in [-0.3, -0.25) is 5.10 Å². The molecular weight excluding hydrogens is 288 g/mol. The molecule has 1 heterocycles. The number of aromatic amines is 1. The van der Waals surface area contributed by atoms with E-state index in [2.05, 4.69) is 10.2 Å². The van der Waals surface area contributed by atoms with Crippen LogP contribution in [-0.2, 0) is 10.0 Å². The van der Waals surface area contributed by atoms with Crippen LogP contribution in [0.2, 0.25) is 0 Å². The summed E-state index contributed by atoms with van der Waals surface area (Å²) < 4.78 is 51.7. The van der Waals surface area contributed by atoms with Crippen molar-refractivity contribution in [3.05, 3.63) is 47.7 Å². The predicted molar refractivity (Wildman–Crippen MR) is 68.3 cm³/mol. The number of nitrogens with zero attached hydrogens (tertiary/aromatic N) is 2. The summed E-state index contributed by atoms with van der Waals surface area (Å²) in [6, 6.07) is 3.97. The third-order valence-corrected chi connectivity index (χ3v) is 4.96. The van der Waals surface area contributed by atoms with Crippen LogP contribution < -0.4 is 0 Å². The number of sulfonamides is 1. The van der Waals surface area contributed by atoms with Crippen LogP contribution in [-0.4, -0.2) is 30.0 Å². The minimum Gasteiger partial charge on any atom is -0.266 e. The zero-order chi connectivity index (χ0) is 14.9. The summed E-state index contributed by atoms with van der Waals surface area (Å²) in [7, 11) is -2.40. The van der Waals surface area contributed by atoms with Crippen LogP contribution in [0.4, 0.5) is 8.78 Å². The Kier molecular flexibility index (Phi) is 3.87. The van der Waals surface area contributed by atoms with E-state index in [0.29, 0.717) is 5.56 Å². The van der Waals surface area contributed by atoms with Gasteiger partial charge in [-0.1, -0.05) is 6.07 Å². The van der Waals surface area contributed by atoms with E-state index in [4.69, 9.17) is 0 Å². The van der Waals surface area contributed by atoms with Crippen molar-refractivity contribution < 1.29 is 17.2 Å². The molecule has 0 fully saturated rings. The molecule has 108 valence electrons. The number of H-pyrrole nitrogens is 1. The summed E-state index contributed by atoms with van der Waals surface area (Å²) in [5, 5.41) is 5.90. The first kappa shape index (κ1) is 14.6. The van der Waals surface area contributed by atoms with Gasteiger partial charge in [0.25, 0.3) is 10.0 Å². The van der Waals surface area contributed by atoms with Crippen LogP contribution in [0, 0.1) is 11.6 Å². The Labute approximate surface area is 115 Å². The highest BCUT2D eigenvalue weighted by Gasteiger charge is 2.27. The van der Waals surface area contributed by atoms with Crippen LogP contribution in [0.25, 0.3) is 0 Å². The summed E-state index contributed by atoms with van der Waals surface area (Å²) in [4.78, 5) is 0. The molecule has 0 aliphatic carbocycles. The van der Waals surface area contributed by atoms with E-state index in [1.807, 2.05) is 0 Å². The second kappa shape index (κ2) is 5.29. The number of halogens is 2. The lowest BCUT2D eigenvalue weighted by molar-refractivity contribution is 0.394. The number of aromatic nitrogens is 2. The maximum absolute atomic E-state index is 13.2. The molecule has 2 aromatic rings. The molecule has 1 N–H and O–H groups in total. The molecule has 0 spiro atoms. The molecule has 1 atom stereocenters. The van der Waals surface area contributed by atoms with Gasteiger partial charge in [-0.25, -0.2) is 17.2 Å². The minimum absolute atomic E-state index is 0.0607. The molecule has 8 heteroatoms. The molecule has 0 aliphatic rings. The Morgan fingerprint density at radius 2 is 1.95 bits per heavy atom. The highest BCUT2D eigenvalue weighted by atomic mass is 32.2. The molecule has 1 aromatic heterocycles. The Bertz CT molecular complexity index is 701. The van der Waals surface area contributed by atoms with Crippen molar-refractivity contribution in [1.29, 1.82) is 0 Å². The average molecular weight is 301 g/mol. The fourth-order valence-corrected chi connectivity index (χ4v) is 2.98. The second-order valence-electron chi connectivity index (χ2n) is 4.29. The van der Waals surface area contributed by atoms with Crippen molar-refractivity contribution >= 4 is 10.0 Å². The number of hydrogen-bond donors (Lipinski definition) is 1. The van der Waals surface area contributed by atoms with Gasteiger partial charge < -0.3 is 0 Å². The first-order valence-electron chi connectivity index (χ1n) is 5.76. The van der Waals surface area contributed by atoms with Gasteiger partial charge in [0.05, 0.1) is 6.20 Å². The van der Waals surface area contributed by atoms with Crippen LogP contribution >= 0.6 is 0 Å². The normalized spacial score (nSPS) is 13.7. The van der Waals surface area contributed by atoms with E-state index in [-0.39, 0.29) is 5.03 Å². The Morgan fingerprint density at radius 1 is 1.25 bits per heavy atom. The quantitative estimate of drug-likeness (QED) is 0.940. The SMILES string of the molecule is CC(c1ccc(F)c(F)c1)N(C)S(=O)(=O)c1ccn[nH]1. The largest absolute Gasteiger partial charge is 0.266 e. The monoisotopic (exact) mass is 301 g/mol. The Hall–Kier alpha value is -1.80. The van der Waals surface area contributed by atoms with E-state index in [1.165, 1.54) is 25.4 Å². The molecule has 0 amide bonds. The van der Waals surface area contributed by atoms with Gasteiger partial charge >= 0.3 is 0 Å². The molecule has 0 saturated heterocycles. The van der Waals surface area contributed by atoms with E-state index in [9.17, 15) is 17.2 Å². The molecule has 0 bridgehead atoms. The summed E-state index contributed by atoms with van der Waals surface area (Å²) in [6.07, 6.45) is 1.32. The fraction of sp³-hybridized carbons (Fsp3) is 0.250. The molecular formula is C12H13F2N3O2S. The number of nitrogens with one attached hydrogen (secondary N) is 1. The van der Waals surface area contributed by atoms with Gasteiger partial charge in [-0.2, -0.15) is 9.40 Å². The zero-order valence-electron chi connectivity index (χ0n) is 10.8. The summed E-state index contributed by atoms with van der Waals surface area (Å²) >= 11 is 0. The second-order valence-corrected chi connectivity index (χ2v) is 6.26. The van der Waals surface area contributed by atoms with Gasteiger partial charge in [0.15, 0.2) is 16.7 Å². The Balaban J connectivity index is 2.33. The standard InChI is InChI=1S/C12H13F2N3O2S/c1-8(9-3-4-10(13)11(14)7-9)17(2)20(18,19)12-5-6-15-16-12/h3-8H,1-2H3,(H,15,16). The number of rotatable bonds is 4. The lowest BCUT2D eigenvalue weighted by Crippen LogP contribution is -2.30. The Morgan fingerprint density at radius 3 is 2.50 bits per heavy atom. The molecule has 0 saturated carbocycles. The van der Waals surface area contributed by atoms with Crippen LogP contribution in [0.3, 0.4) is 0 Å². The van der Waals surface area contributed by atoms with Gasteiger partial charge in [0, 0.05) is 13.1 Å². The maximum atomic E-state index is 13.2. The van der Waals surface area contributed by atoms with Crippen molar-refractivity contribution in [2.45, 2.75) is 18.0 Å². The molecule has 1 aromatic carbocycles. The van der Waals surface area contributed by atoms with Crippen molar-refractivity contribution in [1.82, 2.24) is 14.5 Å². The van der Waals surface area contributed by atoms with E-state index < -0.39 is 27.7 Å². The molecule has 1 unspecified atom stereocenters. The fourth-order valence-electron chi connectivity index (χ4n) is 1.73. The molecule has 0 radical (unpaired) electrons. The summed E-state index contributed by atoms with van der Waals surface area (Å²) in [6.45, 7) is 1.58. The van der Waals surface area contributed by atoms with Crippen LogP contribution in [0.1, 0.15) is 18.5 Å². The molecule has 2 rings (SSSR count). The topological polar surface area (TPSA) is 66.1 Å². The van der Waals surface area contributed by atoms with Gasteiger partial charge in [0.2, 0.25) is 0 Å². The molecule has 5 nitrogen and oxygen atoms in total. The van der Waals surface area contributed by atoms with Crippen LogP contribution in [0.15, 0.2) is 35.5 Å². The third-order valence-electron chi connectivity index (χ3n) is 3.10. The van der Waals surface area contributed by atoms with E-state index in [1.54, 1.807) is 6.92 Å². The maximum Gasteiger partial charge on any atom is 0.260 e. The van der Waals surface area contributed by atoms with Gasteiger partial charge in [-0.05, 0) is 30.7 Å². The van der Waals surface area contributed by atoms with Gasteiger partial charge in [-0.15, -0.1) is 0 Å². The highest BCUT2D eigenvalue weighted by molar-refractivity contribution is 7.89. The first-order chi connectivity index (χ1) is 9.34. The lowest BCUT2D eigenvalue weighted by atomic mass is 10.1. The highest BCUT2D eigenvalue weighted by Crippen LogP contribution is 2.25. The predicted octanol–water partition coefficient (Wildman–Crippen LogP) is 2.07. The van der Waals surface area contributed by atoms with Gasteiger partial charge in [0.1, 0.15) is 0 Å². The molecule has 0 aliphatic heterocycles. The average Bonchev–Trinajstić information content (AvgIpc) is 2.95. The lowest BCUT2D eigenvalue weighted by Gasteiger charge is -2.23. The van der Waals surface area contributed by atoms with Crippen molar-refractivity contribution in [2.24, 2.45) is 0 Å². The number of hydrogen-bond acceptors (Lipinski definition) is 3. The van der Waals surface area contributed by atoms with E-state index >= 15 is 0 Å². The smallest absolute Gasteiger partial charge is 0.260 e.